The molecule has 0 spiro atoms. The monoisotopic (exact) mass is 405 g/mol. The van der Waals surface area contributed by atoms with Gasteiger partial charge in [0, 0.05) is 4.88 Å². The van der Waals surface area contributed by atoms with E-state index in [0.717, 1.165) is 47.9 Å². The quantitative estimate of drug-likeness (QED) is 0.805. The molecule has 0 radical (unpaired) electrons. The fourth-order valence-corrected chi connectivity index (χ4v) is 5.61. The Morgan fingerprint density at radius 3 is 2.74 bits per heavy atom. The molecular weight excluding hydrogens is 382 g/mol. The average molecular weight is 406 g/mol. The highest BCUT2D eigenvalue weighted by Gasteiger charge is 2.35. The Morgan fingerprint density at radius 2 is 2.15 bits per heavy atom. The van der Waals surface area contributed by atoms with Crippen LogP contribution in [0.3, 0.4) is 0 Å². The fourth-order valence-electron chi connectivity index (χ4n) is 3.59. The molecule has 8 heteroatoms. The third-order valence-electron chi connectivity index (χ3n) is 5.79. The Bertz CT molecular complexity index is 822. The van der Waals surface area contributed by atoms with Gasteiger partial charge >= 0.3 is 0 Å². The number of thiophene rings is 1. The lowest BCUT2D eigenvalue weighted by molar-refractivity contribution is -0.128. The normalized spacial score (nSPS) is 19.8. The second-order valence-electron chi connectivity index (χ2n) is 7.68. The van der Waals surface area contributed by atoms with E-state index in [9.17, 15) is 19.6 Å². The Morgan fingerprint density at radius 1 is 1.41 bits per heavy atom. The smallest absolute Gasteiger partial charge is 0.289 e. The maximum absolute atomic E-state index is 12.3. The molecular formula is C19H23N3O3S2. The number of hydrogen-bond acceptors (Lipinski definition) is 6. The second-order valence-corrected chi connectivity index (χ2v) is 9.72. The van der Waals surface area contributed by atoms with E-state index in [1.54, 1.807) is 0 Å². The van der Waals surface area contributed by atoms with Crippen molar-refractivity contribution in [3.8, 4) is 6.07 Å². The van der Waals surface area contributed by atoms with Crippen molar-refractivity contribution in [2.24, 2.45) is 11.3 Å². The Balaban J connectivity index is 1.76. The first-order chi connectivity index (χ1) is 12.8. The summed E-state index contributed by atoms with van der Waals surface area (Å²) in [6.45, 7) is 6.47. The van der Waals surface area contributed by atoms with Crippen molar-refractivity contribution in [3.63, 3.8) is 0 Å². The van der Waals surface area contributed by atoms with Crippen LogP contribution in [-0.4, -0.2) is 34.3 Å². The third kappa shape index (κ3) is 3.90. The molecule has 1 fully saturated rings. The van der Waals surface area contributed by atoms with Gasteiger partial charge < -0.3 is 5.32 Å². The van der Waals surface area contributed by atoms with Crippen LogP contribution in [0.15, 0.2) is 0 Å². The molecule has 1 atom stereocenters. The molecule has 1 aromatic rings. The van der Waals surface area contributed by atoms with Crippen molar-refractivity contribution in [2.75, 3.05) is 17.6 Å². The third-order valence-corrected chi connectivity index (χ3v) is 7.82. The average Bonchev–Trinajstić information content (AvgIpc) is 3.14. The number of thioether (sulfide) groups is 1. The van der Waals surface area contributed by atoms with Crippen LogP contribution in [0.5, 0.6) is 0 Å². The molecule has 2 aliphatic rings. The SMILES string of the molecule is CCC(C)(C)[C@@H]1CCc2c(sc(NC(=O)CN3C(=O)CSC3=O)c2C#N)C1. The maximum Gasteiger partial charge on any atom is 0.289 e. The molecule has 27 heavy (non-hydrogen) atoms. The Kier molecular flexibility index (Phi) is 5.63. The molecule has 1 saturated heterocycles. The van der Waals surface area contributed by atoms with Gasteiger partial charge in [-0.05, 0) is 36.2 Å². The topological polar surface area (TPSA) is 90.3 Å². The molecule has 1 aliphatic heterocycles. The van der Waals surface area contributed by atoms with E-state index in [1.165, 1.54) is 16.2 Å². The van der Waals surface area contributed by atoms with Crippen LogP contribution in [0.4, 0.5) is 9.80 Å². The van der Waals surface area contributed by atoms with Gasteiger partial charge in [-0.3, -0.25) is 19.3 Å². The zero-order valence-electron chi connectivity index (χ0n) is 15.8. The van der Waals surface area contributed by atoms with Gasteiger partial charge in [0.2, 0.25) is 11.8 Å². The van der Waals surface area contributed by atoms with Crippen LogP contribution in [0.1, 0.15) is 49.6 Å². The van der Waals surface area contributed by atoms with Gasteiger partial charge in [0.25, 0.3) is 5.24 Å². The summed E-state index contributed by atoms with van der Waals surface area (Å²) in [7, 11) is 0. The number of fused-ring (bicyclic) bond motifs is 1. The van der Waals surface area contributed by atoms with Gasteiger partial charge in [0.05, 0.1) is 11.3 Å². The van der Waals surface area contributed by atoms with E-state index in [0.29, 0.717) is 16.5 Å². The molecule has 2 heterocycles. The number of carbonyl (C=O) groups is 3. The molecule has 3 amide bonds. The molecule has 0 bridgehead atoms. The number of imide groups is 1. The van der Waals surface area contributed by atoms with Crippen LogP contribution < -0.4 is 5.32 Å². The maximum atomic E-state index is 12.3. The summed E-state index contributed by atoms with van der Waals surface area (Å²) in [6, 6.07) is 2.23. The fraction of sp³-hybridized carbons (Fsp3) is 0.579. The van der Waals surface area contributed by atoms with Gasteiger partial charge in [-0.25, -0.2) is 0 Å². The van der Waals surface area contributed by atoms with Gasteiger partial charge in [-0.2, -0.15) is 5.26 Å². The number of anilines is 1. The van der Waals surface area contributed by atoms with Crippen molar-refractivity contribution in [1.82, 2.24) is 4.90 Å². The lowest BCUT2D eigenvalue weighted by atomic mass is 9.69. The van der Waals surface area contributed by atoms with E-state index in [2.05, 4.69) is 32.2 Å². The van der Waals surface area contributed by atoms with Crippen molar-refractivity contribution < 1.29 is 14.4 Å². The zero-order valence-corrected chi connectivity index (χ0v) is 17.4. The predicted molar refractivity (Wildman–Crippen MR) is 107 cm³/mol. The van der Waals surface area contributed by atoms with Crippen molar-refractivity contribution in [3.05, 3.63) is 16.0 Å². The van der Waals surface area contributed by atoms with Crippen LogP contribution in [-0.2, 0) is 22.4 Å². The summed E-state index contributed by atoms with van der Waals surface area (Å²) in [5.41, 5.74) is 1.82. The molecule has 6 nitrogen and oxygen atoms in total. The van der Waals surface area contributed by atoms with Gasteiger partial charge in [0.1, 0.15) is 17.6 Å². The highest BCUT2D eigenvalue weighted by Crippen LogP contribution is 2.45. The highest BCUT2D eigenvalue weighted by atomic mass is 32.2. The summed E-state index contributed by atoms with van der Waals surface area (Å²) in [5, 5.41) is 12.5. The number of nitriles is 1. The number of carbonyl (C=O) groups excluding carboxylic acids is 3. The first-order valence-corrected chi connectivity index (χ1v) is 10.9. The van der Waals surface area contributed by atoms with Crippen molar-refractivity contribution >= 4 is 45.2 Å². The minimum atomic E-state index is -0.445. The van der Waals surface area contributed by atoms with Crippen LogP contribution in [0.2, 0.25) is 0 Å². The molecule has 3 rings (SSSR count). The zero-order chi connectivity index (χ0) is 19.8. The molecule has 144 valence electrons. The largest absolute Gasteiger partial charge is 0.315 e. The van der Waals surface area contributed by atoms with E-state index in [4.69, 9.17) is 0 Å². The first-order valence-electron chi connectivity index (χ1n) is 9.08. The lowest BCUT2D eigenvalue weighted by Gasteiger charge is -2.36. The van der Waals surface area contributed by atoms with E-state index in [1.807, 2.05) is 0 Å². The lowest BCUT2D eigenvalue weighted by Crippen LogP contribution is -2.36. The molecule has 1 aliphatic carbocycles. The number of hydrogen-bond donors (Lipinski definition) is 1. The van der Waals surface area contributed by atoms with Crippen LogP contribution in [0, 0.1) is 22.7 Å². The summed E-state index contributed by atoms with van der Waals surface area (Å²) < 4.78 is 0. The van der Waals surface area contributed by atoms with Crippen molar-refractivity contribution in [2.45, 2.75) is 46.5 Å². The van der Waals surface area contributed by atoms with Crippen molar-refractivity contribution in [1.29, 1.82) is 5.26 Å². The number of nitrogens with one attached hydrogen (secondary N) is 1. The summed E-state index contributed by atoms with van der Waals surface area (Å²) in [4.78, 5) is 37.8. The second kappa shape index (κ2) is 7.64. The molecule has 1 aromatic heterocycles. The molecule has 0 aromatic carbocycles. The predicted octanol–water partition coefficient (Wildman–Crippen LogP) is 3.79. The highest BCUT2D eigenvalue weighted by molar-refractivity contribution is 8.14. The first kappa shape index (κ1) is 19.9. The van der Waals surface area contributed by atoms with E-state index in [-0.39, 0.29) is 23.6 Å². The summed E-state index contributed by atoms with van der Waals surface area (Å²) in [5.74, 6) is -0.159. The number of amides is 3. The van der Waals surface area contributed by atoms with Gasteiger partial charge in [0.15, 0.2) is 0 Å². The minimum Gasteiger partial charge on any atom is -0.315 e. The van der Waals surface area contributed by atoms with Gasteiger partial charge in [-0.1, -0.05) is 39.0 Å². The Hall–Kier alpha value is -1.85. The summed E-state index contributed by atoms with van der Waals surface area (Å²) >= 11 is 2.36. The number of rotatable bonds is 5. The van der Waals surface area contributed by atoms with Crippen LogP contribution >= 0.6 is 23.1 Å². The molecule has 0 unspecified atom stereocenters. The van der Waals surface area contributed by atoms with E-state index >= 15 is 0 Å². The molecule has 1 N–H and O–H groups in total. The van der Waals surface area contributed by atoms with Crippen LogP contribution in [0.25, 0.3) is 0 Å². The standard InChI is InChI=1S/C19H23N3O3S2/c1-4-19(2,3)11-5-6-12-13(8-20)17(27-14(12)7-11)21-15(23)9-22-16(24)10-26-18(22)25/h11H,4-7,9-10H2,1-3H3,(H,21,23)/t11-/m1/s1. The minimum absolute atomic E-state index is 0.0808. The number of nitrogens with zero attached hydrogens (tertiary/aromatic N) is 2. The van der Waals surface area contributed by atoms with E-state index < -0.39 is 11.1 Å². The Labute approximate surface area is 167 Å². The van der Waals surface area contributed by atoms with Gasteiger partial charge in [-0.15, -0.1) is 11.3 Å². The molecule has 0 saturated carbocycles. The summed E-state index contributed by atoms with van der Waals surface area (Å²) in [6.07, 6.45) is 3.91.